The molecule has 3 rings (SSSR count). The summed E-state index contributed by atoms with van der Waals surface area (Å²) in [4.78, 5) is 16.4. The number of nitrogens with one attached hydrogen (secondary N) is 2. The zero-order valence-corrected chi connectivity index (χ0v) is 13.5. The summed E-state index contributed by atoms with van der Waals surface area (Å²) in [5.41, 5.74) is 0.458. The maximum absolute atomic E-state index is 12.2. The van der Waals surface area contributed by atoms with E-state index >= 15 is 0 Å². The lowest BCUT2D eigenvalue weighted by molar-refractivity contribution is 0.101. The molecule has 1 aromatic heterocycles. The SMILES string of the molecule is COc1c(Br)cc(Cl)cc1NC(=O)c1n[nH]c(C2CC2)n1. The molecule has 2 N–H and O–H groups in total. The van der Waals surface area contributed by atoms with Gasteiger partial charge in [0.1, 0.15) is 5.82 Å². The number of aromatic nitrogens is 3. The maximum Gasteiger partial charge on any atom is 0.295 e. The van der Waals surface area contributed by atoms with E-state index in [1.165, 1.54) is 7.11 Å². The first kappa shape index (κ1) is 14.3. The minimum Gasteiger partial charge on any atom is -0.493 e. The Bertz CT molecular complexity index is 699. The van der Waals surface area contributed by atoms with E-state index in [1.54, 1.807) is 12.1 Å². The van der Waals surface area contributed by atoms with Gasteiger partial charge in [-0.2, -0.15) is 0 Å². The van der Waals surface area contributed by atoms with Crippen LogP contribution in [0.15, 0.2) is 16.6 Å². The molecule has 1 amide bonds. The molecule has 1 heterocycles. The number of anilines is 1. The molecule has 0 bridgehead atoms. The fraction of sp³-hybridized carbons (Fsp3) is 0.308. The lowest BCUT2D eigenvalue weighted by Gasteiger charge is -2.11. The number of methoxy groups -OCH3 is 1. The lowest BCUT2D eigenvalue weighted by atomic mass is 10.3. The third kappa shape index (κ3) is 3.03. The van der Waals surface area contributed by atoms with Crippen molar-refractivity contribution in [3.63, 3.8) is 0 Å². The van der Waals surface area contributed by atoms with Gasteiger partial charge in [-0.1, -0.05) is 11.6 Å². The molecule has 2 aromatic rings. The van der Waals surface area contributed by atoms with Crippen molar-refractivity contribution in [1.82, 2.24) is 15.2 Å². The minimum atomic E-state index is -0.411. The van der Waals surface area contributed by atoms with Crippen molar-refractivity contribution < 1.29 is 9.53 Å². The highest BCUT2D eigenvalue weighted by molar-refractivity contribution is 9.10. The second-order valence-electron chi connectivity index (χ2n) is 4.74. The van der Waals surface area contributed by atoms with E-state index in [4.69, 9.17) is 16.3 Å². The van der Waals surface area contributed by atoms with Gasteiger partial charge in [-0.25, -0.2) is 4.98 Å². The number of rotatable bonds is 4. The molecule has 1 aliphatic rings. The van der Waals surface area contributed by atoms with Crippen LogP contribution in [0.2, 0.25) is 5.02 Å². The molecule has 0 unspecified atom stereocenters. The van der Waals surface area contributed by atoms with E-state index in [0.29, 0.717) is 26.9 Å². The monoisotopic (exact) mass is 370 g/mol. The van der Waals surface area contributed by atoms with Gasteiger partial charge in [-0.05, 0) is 40.9 Å². The zero-order chi connectivity index (χ0) is 15.0. The first-order valence-corrected chi connectivity index (χ1v) is 7.52. The first-order valence-electron chi connectivity index (χ1n) is 6.35. The molecular weight excluding hydrogens is 360 g/mol. The average Bonchev–Trinajstić information content (AvgIpc) is 3.16. The van der Waals surface area contributed by atoms with Crippen molar-refractivity contribution in [2.75, 3.05) is 12.4 Å². The van der Waals surface area contributed by atoms with Crippen LogP contribution < -0.4 is 10.1 Å². The molecule has 1 fully saturated rings. The Hall–Kier alpha value is -1.60. The van der Waals surface area contributed by atoms with Gasteiger partial charge in [0, 0.05) is 10.9 Å². The normalized spacial score (nSPS) is 14.0. The molecule has 1 aromatic carbocycles. The van der Waals surface area contributed by atoms with Crippen LogP contribution in [0.5, 0.6) is 5.75 Å². The molecule has 21 heavy (non-hydrogen) atoms. The number of amides is 1. The highest BCUT2D eigenvalue weighted by atomic mass is 79.9. The number of hydrogen-bond donors (Lipinski definition) is 2. The molecule has 6 nitrogen and oxygen atoms in total. The number of hydrogen-bond acceptors (Lipinski definition) is 4. The molecule has 1 aliphatic carbocycles. The van der Waals surface area contributed by atoms with Gasteiger partial charge < -0.3 is 10.1 Å². The smallest absolute Gasteiger partial charge is 0.295 e. The molecule has 0 radical (unpaired) electrons. The van der Waals surface area contributed by atoms with Crippen LogP contribution in [0.1, 0.15) is 35.2 Å². The predicted octanol–water partition coefficient (Wildman–Crippen LogP) is 3.36. The Morgan fingerprint density at radius 2 is 2.29 bits per heavy atom. The minimum absolute atomic E-state index is 0.107. The van der Waals surface area contributed by atoms with E-state index in [9.17, 15) is 4.79 Å². The largest absolute Gasteiger partial charge is 0.493 e. The van der Waals surface area contributed by atoms with Crippen LogP contribution in [-0.4, -0.2) is 28.2 Å². The zero-order valence-electron chi connectivity index (χ0n) is 11.1. The Morgan fingerprint density at radius 3 is 2.95 bits per heavy atom. The fourth-order valence-electron chi connectivity index (χ4n) is 1.95. The predicted molar refractivity (Wildman–Crippen MR) is 82.0 cm³/mol. The summed E-state index contributed by atoms with van der Waals surface area (Å²) >= 11 is 9.33. The Balaban J connectivity index is 1.83. The topological polar surface area (TPSA) is 79.9 Å². The quantitative estimate of drug-likeness (QED) is 0.863. The maximum atomic E-state index is 12.2. The third-order valence-corrected chi connectivity index (χ3v) is 3.94. The molecule has 8 heteroatoms. The van der Waals surface area contributed by atoms with Crippen LogP contribution in [0.4, 0.5) is 5.69 Å². The van der Waals surface area contributed by atoms with E-state index in [-0.39, 0.29) is 5.82 Å². The number of halogens is 2. The van der Waals surface area contributed by atoms with Crippen molar-refractivity contribution in [1.29, 1.82) is 0 Å². The fourth-order valence-corrected chi connectivity index (χ4v) is 2.93. The Labute approximate surface area is 134 Å². The third-order valence-electron chi connectivity index (χ3n) is 3.13. The summed E-state index contributed by atoms with van der Waals surface area (Å²) in [5.74, 6) is 1.36. The van der Waals surface area contributed by atoms with Crippen LogP contribution in [-0.2, 0) is 0 Å². The van der Waals surface area contributed by atoms with Crippen LogP contribution in [0, 0.1) is 0 Å². The van der Waals surface area contributed by atoms with Crippen LogP contribution in [0.3, 0.4) is 0 Å². The highest BCUT2D eigenvalue weighted by Gasteiger charge is 2.28. The molecule has 1 saturated carbocycles. The van der Waals surface area contributed by atoms with Crippen LogP contribution in [0.25, 0.3) is 0 Å². The summed E-state index contributed by atoms with van der Waals surface area (Å²) in [6.45, 7) is 0. The van der Waals surface area contributed by atoms with Gasteiger partial charge in [0.2, 0.25) is 5.82 Å². The molecular formula is C13H12BrClN4O2. The molecule has 0 spiro atoms. The summed E-state index contributed by atoms with van der Waals surface area (Å²) in [7, 11) is 1.52. The lowest BCUT2D eigenvalue weighted by Crippen LogP contribution is -2.14. The van der Waals surface area contributed by atoms with Gasteiger partial charge in [0.15, 0.2) is 5.75 Å². The van der Waals surface area contributed by atoms with Gasteiger partial charge in [-0.3, -0.25) is 9.89 Å². The van der Waals surface area contributed by atoms with Crippen molar-refractivity contribution in [3.8, 4) is 5.75 Å². The van der Waals surface area contributed by atoms with E-state index in [0.717, 1.165) is 18.7 Å². The summed E-state index contributed by atoms with van der Waals surface area (Å²) in [6, 6.07) is 3.30. The van der Waals surface area contributed by atoms with Crippen LogP contribution >= 0.6 is 27.5 Å². The Morgan fingerprint density at radius 1 is 1.52 bits per heavy atom. The van der Waals surface area contributed by atoms with E-state index in [1.807, 2.05) is 0 Å². The summed E-state index contributed by atoms with van der Waals surface area (Å²) < 4.78 is 5.91. The summed E-state index contributed by atoms with van der Waals surface area (Å²) in [5, 5.41) is 9.92. The van der Waals surface area contributed by atoms with Gasteiger partial charge in [0.05, 0.1) is 17.3 Å². The van der Waals surface area contributed by atoms with E-state index < -0.39 is 5.91 Å². The first-order chi connectivity index (χ1) is 10.1. The standard InChI is InChI=1S/C13H12BrClN4O2/c1-21-10-8(14)4-7(15)5-9(10)16-13(20)12-17-11(18-19-12)6-2-3-6/h4-6H,2-3H2,1H3,(H,16,20)(H,17,18,19). The Kier molecular flexibility index (Phi) is 3.86. The number of benzene rings is 1. The number of aromatic amines is 1. The van der Waals surface area contributed by atoms with Crippen molar-refractivity contribution in [3.05, 3.63) is 33.3 Å². The van der Waals surface area contributed by atoms with Crippen molar-refractivity contribution in [2.24, 2.45) is 0 Å². The van der Waals surface area contributed by atoms with Gasteiger partial charge in [0.25, 0.3) is 5.91 Å². The number of H-pyrrole nitrogens is 1. The number of nitrogens with zero attached hydrogens (tertiary/aromatic N) is 2. The number of ether oxygens (including phenoxy) is 1. The molecule has 110 valence electrons. The van der Waals surface area contributed by atoms with Crippen molar-refractivity contribution in [2.45, 2.75) is 18.8 Å². The number of carbonyl (C=O) groups is 1. The van der Waals surface area contributed by atoms with Gasteiger partial charge in [-0.15, -0.1) is 5.10 Å². The summed E-state index contributed by atoms with van der Waals surface area (Å²) in [6.07, 6.45) is 2.18. The van der Waals surface area contributed by atoms with Crippen molar-refractivity contribution >= 4 is 39.1 Å². The average molecular weight is 372 g/mol. The second-order valence-corrected chi connectivity index (χ2v) is 6.03. The van der Waals surface area contributed by atoms with Gasteiger partial charge >= 0.3 is 0 Å². The second kappa shape index (κ2) is 5.65. The molecule has 0 atom stereocenters. The van der Waals surface area contributed by atoms with E-state index in [2.05, 4.69) is 36.4 Å². The molecule has 0 saturated heterocycles. The highest BCUT2D eigenvalue weighted by Crippen LogP contribution is 2.38. The molecule has 0 aliphatic heterocycles. The number of carbonyl (C=O) groups excluding carboxylic acids is 1.